The van der Waals surface area contributed by atoms with Gasteiger partial charge >= 0.3 is 5.97 Å². The number of fused-ring (bicyclic) bond motifs is 5. The molecule has 0 spiro atoms. The van der Waals surface area contributed by atoms with Gasteiger partial charge in [0.2, 0.25) is 0 Å². The maximum atomic E-state index is 12.0. The van der Waals surface area contributed by atoms with E-state index in [-0.39, 0.29) is 18.2 Å². The zero-order valence-corrected chi connectivity index (χ0v) is 12.7. The number of carbonyl (C=O) groups is 1. The molecule has 2 heterocycles. The van der Waals surface area contributed by atoms with Crippen LogP contribution in [0.3, 0.4) is 0 Å². The lowest BCUT2D eigenvalue weighted by atomic mass is 9.88. The van der Waals surface area contributed by atoms with Crippen LogP contribution in [-0.4, -0.2) is 31.0 Å². The van der Waals surface area contributed by atoms with Crippen molar-refractivity contribution in [1.82, 2.24) is 0 Å². The average molecular weight is 289 g/mol. The van der Waals surface area contributed by atoms with Crippen molar-refractivity contribution >= 4 is 12.2 Å². The van der Waals surface area contributed by atoms with Crippen molar-refractivity contribution < 1.29 is 14.3 Å². The molecular formula is C17H23NO3. The summed E-state index contributed by atoms with van der Waals surface area (Å²) in [6.45, 7) is 4.99. The van der Waals surface area contributed by atoms with Gasteiger partial charge in [-0.25, -0.2) is 4.79 Å². The van der Waals surface area contributed by atoms with E-state index in [0.717, 1.165) is 12.8 Å². The summed E-state index contributed by atoms with van der Waals surface area (Å²) >= 11 is 0. The summed E-state index contributed by atoms with van der Waals surface area (Å²) < 4.78 is 11.6. The molecule has 1 saturated heterocycles. The molecule has 4 atom stereocenters. The number of nitrogens with one attached hydrogen (secondary N) is 1. The first kappa shape index (κ1) is 14.5. The van der Waals surface area contributed by atoms with Crippen LogP contribution < -0.4 is 0 Å². The van der Waals surface area contributed by atoms with Gasteiger partial charge in [0.15, 0.2) is 0 Å². The zero-order chi connectivity index (χ0) is 15.0. The Balaban J connectivity index is 1.83. The molecule has 0 amide bonds. The van der Waals surface area contributed by atoms with E-state index >= 15 is 0 Å². The first-order valence-electron chi connectivity index (χ1n) is 7.70. The molecule has 3 aliphatic rings. The van der Waals surface area contributed by atoms with Crippen LogP contribution in [0.25, 0.3) is 0 Å². The number of hydrogen-bond donors (Lipinski definition) is 1. The van der Waals surface area contributed by atoms with Gasteiger partial charge in [0, 0.05) is 6.21 Å². The Morgan fingerprint density at radius 2 is 2.00 bits per heavy atom. The predicted molar refractivity (Wildman–Crippen MR) is 80.2 cm³/mol. The van der Waals surface area contributed by atoms with Gasteiger partial charge < -0.3 is 14.9 Å². The predicted octanol–water partition coefficient (Wildman–Crippen LogP) is 2.89. The molecule has 2 aliphatic heterocycles. The maximum Gasteiger partial charge on any atom is 0.337 e. The van der Waals surface area contributed by atoms with E-state index in [1.807, 2.05) is 6.08 Å². The van der Waals surface area contributed by atoms with Gasteiger partial charge in [-0.15, -0.1) is 0 Å². The van der Waals surface area contributed by atoms with Gasteiger partial charge in [-0.1, -0.05) is 19.9 Å². The van der Waals surface area contributed by atoms with E-state index in [9.17, 15) is 4.79 Å². The van der Waals surface area contributed by atoms with Crippen molar-refractivity contribution in [1.29, 1.82) is 5.41 Å². The van der Waals surface area contributed by atoms with Crippen molar-refractivity contribution in [2.24, 2.45) is 17.3 Å². The summed E-state index contributed by atoms with van der Waals surface area (Å²) in [4.78, 5) is 12.0. The number of esters is 1. The normalized spacial score (nSPS) is 40.7. The van der Waals surface area contributed by atoms with Crippen molar-refractivity contribution in [2.75, 3.05) is 6.61 Å². The van der Waals surface area contributed by atoms with E-state index in [2.05, 4.69) is 13.8 Å². The topological polar surface area (TPSA) is 59.4 Å². The molecule has 0 unspecified atom stereocenters. The van der Waals surface area contributed by atoms with Crippen LogP contribution >= 0.6 is 0 Å². The number of carbonyl (C=O) groups excluding carboxylic acids is 1. The molecule has 0 aromatic rings. The average Bonchev–Trinajstić information content (AvgIpc) is 2.92. The molecular weight excluding hydrogens is 266 g/mol. The minimum Gasteiger partial charge on any atom is -0.459 e. The van der Waals surface area contributed by atoms with Crippen molar-refractivity contribution in [3.63, 3.8) is 0 Å². The minimum atomic E-state index is -0.307. The van der Waals surface area contributed by atoms with Crippen molar-refractivity contribution in [2.45, 2.75) is 45.3 Å². The molecule has 1 aliphatic carbocycles. The van der Waals surface area contributed by atoms with Crippen LogP contribution in [0, 0.1) is 22.7 Å². The van der Waals surface area contributed by atoms with E-state index in [1.54, 1.807) is 12.2 Å². The highest BCUT2D eigenvalue weighted by Crippen LogP contribution is 2.53. The van der Waals surface area contributed by atoms with Crippen LogP contribution in [0.15, 0.2) is 23.8 Å². The Bertz CT molecular complexity index is 506. The lowest BCUT2D eigenvalue weighted by Gasteiger charge is -2.23. The molecule has 0 aromatic carbocycles. The molecule has 2 fully saturated rings. The van der Waals surface area contributed by atoms with Crippen LogP contribution in [0.2, 0.25) is 0 Å². The minimum absolute atomic E-state index is 0.0465. The van der Waals surface area contributed by atoms with Crippen LogP contribution in [0.5, 0.6) is 0 Å². The lowest BCUT2D eigenvalue weighted by molar-refractivity contribution is -0.143. The van der Waals surface area contributed by atoms with E-state index in [1.165, 1.54) is 12.6 Å². The Kier molecular flexibility index (Phi) is 3.74. The second-order valence-electron chi connectivity index (χ2n) is 7.13. The fourth-order valence-electron chi connectivity index (χ4n) is 4.15. The van der Waals surface area contributed by atoms with Crippen LogP contribution in [0.1, 0.15) is 33.1 Å². The molecule has 4 nitrogen and oxygen atoms in total. The molecule has 1 N–H and O–H groups in total. The molecule has 21 heavy (non-hydrogen) atoms. The molecule has 2 bridgehead atoms. The van der Waals surface area contributed by atoms with Crippen molar-refractivity contribution in [3.05, 3.63) is 23.8 Å². The third-order valence-corrected chi connectivity index (χ3v) is 4.99. The Morgan fingerprint density at radius 1 is 1.29 bits per heavy atom. The highest BCUT2D eigenvalue weighted by atomic mass is 16.6. The Labute approximate surface area is 125 Å². The molecule has 0 radical (unpaired) electrons. The maximum absolute atomic E-state index is 12.0. The van der Waals surface area contributed by atoms with Gasteiger partial charge in [-0.3, -0.25) is 0 Å². The highest BCUT2D eigenvalue weighted by Gasteiger charge is 2.52. The SMILES string of the molecule is CC1(C)C[C@@H]2[C@H](C1)[C@H]1COC(=O)C(/C=C\C=N)=C/C[C@@H]2O1. The quantitative estimate of drug-likeness (QED) is 0.628. The summed E-state index contributed by atoms with van der Waals surface area (Å²) in [6.07, 6.45) is 9.59. The number of cyclic esters (lactones) is 1. The third kappa shape index (κ3) is 2.82. The standard InChI is InChI=1S/C17H23NO3/c1-17(2)8-12-13(9-17)15-10-20-16(19)11(4-3-7-18)5-6-14(12)21-15/h3-5,7,12-15,18H,6,8-10H2,1-2H3/b4-3-,11-5+,18-7?/t12-,13+,14+,15-/m1/s1. The molecule has 3 rings (SSSR count). The van der Waals surface area contributed by atoms with Gasteiger partial charge in [0.05, 0.1) is 17.8 Å². The smallest absolute Gasteiger partial charge is 0.337 e. The summed E-state index contributed by atoms with van der Waals surface area (Å²) in [5.41, 5.74) is 0.892. The van der Waals surface area contributed by atoms with Crippen LogP contribution in [-0.2, 0) is 14.3 Å². The zero-order valence-electron chi connectivity index (χ0n) is 12.7. The first-order valence-corrected chi connectivity index (χ1v) is 7.70. The van der Waals surface area contributed by atoms with Gasteiger partial charge in [0.25, 0.3) is 0 Å². The Morgan fingerprint density at radius 3 is 2.71 bits per heavy atom. The summed E-state index contributed by atoms with van der Waals surface area (Å²) in [5, 5.41) is 7.04. The van der Waals surface area contributed by atoms with E-state index in [0.29, 0.717) is 29.4 Å². The van der Waals surface area contributed by atoms with Crippen LogP contribution in [0.4, 0.5) is 0 Å². The monoisotopic (exact) mass is 289 g/mol. The lowest BCUT2D eigenvalue weighted by Crippen LogP contribution is -2.26. The molecule has 4 heteroatoms. The largest absolute Gasteiger partial charge is 0.459 e. The van der Waals surface area contributed by atoms with E-state index in [4.69, 9.17) is 14.9 Å². The van der Waals surface area contributed by atoms with Gasteiger partial charge in [0.1, 0.15) is 6.61 Å². The Hall–Kier alpha value is -1.42. The van der Waals surface area contributed by atoms with Gasteiger partial charge in [-0.05, 0) is 48.7 Å². The van der Waals surface area contributed by atoms with E-state index < -0.39 is 0 Å². The highest BCUT2D eigenvalue weighted by molar-refractivity contribution is 5.92. The fourth-order valence-corrected chi connectivity index (χ4v) is 4.15. The van der Waals surface area contributed by atoms with Crippen molar-refractivity contribution in [3.8, 4) is 0 Å². The number of allylic oxidation sites excluding steroid dienone is 1. The second-order valence-corrected chi connectivity index (χ2v) is 7.13. The summed E-state index contributed by atoms with van der Waals surface area (Å²) in [7, 11) is 0. The number of rotatable bonds is 2. The number of hydrogen-bond acceptors (Lipinski definition) is 4. The third-order valence-electron chi connectivity index (χ3n) is 4.99. The fraction of sp³-hybridized carbons (Fsp3) is 0.647. The number of ether oxygens (including phenoxy) is 2. The summed E-state index contributed by atoms with van der Waals surface area (Å²) in [6, 6.07) is 0. The second kappa shape index (κ2) is 5.41. The molecule has 0 aromatic heterocycles. The van der Waals surface area contributed by atoms with Gasteiger partial charge in [-0.2, -0.15) is 0 Å². The molecule has 114 valence electrons. The summed E-state index contributed by atoms with van der Waals surface area (Å²) in [5.74, 6) is 0.786. The first-order chi connectivity index (χ1) is 10.00. The molecule has 1 saturated carbocycles.